The first kappa shape index (κ1) is 26.1. The monoisotopic (exact) mass is 579 g/mol. The van der Waals surface area contributed by atoms with Gasteiger partial charge in [0.25, 0.3) is 5.91 Å². The Morgan fingerprint density at radius 3 is 2.09 bits per heavy atom. The number of nitrogens with one attached hydrogen (secondary N) is 1. The number of thiophene rings is 1. The van der Waals surface area contributed by atoms with E-state index in [9.17, 15) is 35.5 Å². The lowest BCUT2D eigenvalue weighted by Crippen LogP contribution is -2.50. The average molecular weight is 581 g/mol. The van der Waals surface area contributed by atoms with Gasteiger partial charge >= 0.3 is 18.0 Å². The van der Waals surface area contributed by atoms with Crippen molar-refractivity contribution >= 4 is 52.0 Å². The van der Waals surface area contributed by atoms with Crippen molar-refractivity contribution in [3.05, 3.63) is 56.1 Å². The zero-order chi connectivity index (χ0) is 25.9. The topological polar surface area (TPSA) is 46.9 Å². The number of hydrogen-bond acceptors (Lipinski definition) is 3. The number of carbonyl (C=O) groups excluding carboxylic acids is 1. The van der Waals surface area contributed by atoms with Gasteiger partial charge in [0.15, 0.2) is 0 Å². The van der Waals surface area contributed by atoms with E-state index in [1.54, 1.807) is 0 Å². The Labute approximate surface area is 211 Å². The molecule has 4 rings (SSSR count). The largest absolute Gasteiger partial charge is 0.435 e. The SMILES string of the molecule is O=C(NC1CC1)c1cc(-c2cnn(-c3c(Cl)cc(C(F)(C(F)(F)F)C(F)(F)F)cc3Cl)c2)sc1Cl. The van der Waals surface area contributed by atoms with Crippen LogP contribution in [-0.4, -0.2) is 34.1 Å². The van der Waals surface area contributed by atoms with Gasteiger partial charge in [-0.2, -0.15) is 31.4 Å². The fraction of sp³-hybridized carbons (Fsp3) is 0.300. The molecule has 0 radical (unpaired) electrons. The van der Waals surface area contributed by atoms with E-state index in [1.165, 1.54) is 18.5 Å². The third kappa shape index (κ3) is 4.73. The molecule has 1 amide bonds. The van der Waals surface area contributed by atoms with Crippen molar-refractivity contribution in [3.8, 4) is 16.1 Å². The van der Waals surface area contributed by atoms with Crippen LogP contribution in [0, 0.1) is 0 Å². The Morgan fingerprint density at radius 2 is 1.57 bits per heavy atom. The van der Waals surface area contributed by atoms with Gasteiger partial charge in [0.2, 0.25) is 0 Å². The van der Waals surface area contributed by atoms with Crippen molar-refractivity contribution in [2.24, 2.45) is 0 Å². The van der Waals surface area contributed by atoms with Gasteiger partial charge in [0.1, 0.15) is 10.0 Å². The van der Waals surface area contributed by atoms with Crippen LogP contribution in [0.2, 0.25) is 14.4 Å². The number of aromatic nitrogens is 2. The molecular formula is C20H11Cl3F7N3OS. The number of alkyl halides is 7. The molecule has 35 heavy (non-hydrogen) atoms. The maximum absolute atomic E-state index is 14.4. The lowest BCUT2D eigenvalue weighted by atomic mass is 9.94. The second-order valence-electron chi connectivity index (χ2n) is 7.66. The number of benzene rings is 1. The molecule has 4 nitrogen and oxygen atoms in total. The fourth-order valence-corrected chi connectivity index (χ4v) is 5.11. The van der Waals surface area contributed by atoms with Crippen LogP contribution in [0.4, 0.5) is 30.7 Å². The third-order valence-electron chi connectivity index (χ3n) is 5.14. The summed E-state index contributed by atoms with van der Waals surface area (Å²) in [5.74, 6) is -0.349. The fourth-order valence-electron chi connectivity index (χ4n) is 3.20. The smallest absolute Gasteiger partial charge is 0.349 e. The van der Waals surface area contributed by atoms with Crippen LogP contribution in [0.5, 0.6) is 0 Å². The standard InChI is InChI=1S/C20H11Cl3F7N3OS/c21-12-3-9(18(24,19(25,26)27)20(28,29)30)4-13(22)15(12)33-7-8(6-31-33)14-5-11(16(23)35-14)17(34)32-10-1-2-10/h3-7,10H,1-2H2,(H,32,34). The molecule has 1 saturated carbocycles. The highest BCUT2D eigenvalue weighted by Crippen LogP contribution is 2.54. The Morgan fingerprint density at radius 1 is 1.00 bits per heavy atom. The minimum absolute atomic E-state index is 0.106. The molecule has 3 aromatic rings. The van der Waals surface area contributed by atoms with Crippen LogP contribution in [0.15, 0.2) is 30.6 Å². The minimum atomic E-state index is -6.32. The first-order valence-electron chi connectivity index (χ1n) is 9.61. The summed E-state index contributed by atoms with van der Waals surface area (Å²) in [6.07, 6.45) is -8.25. The Bertz CT molecular complexity index is 1260. The summed E-state index contributed by atoms with van der Waals surface area (Å²) in [5, 5.41) is 5.38. The predicted octanol–water partition coefficient (Wildman–Crippen LogP) is 7.74. The molecule has 1 aromatic carbocycles. The molecule has 0 unspecified atom stereocenters. The lowest BCUT2D eigenvalue weighted by Gasteiger charge is -2.30. The van der Waals surface area contributed by atoms with Crippen molar-refractivity contribution in [3.63, 3.8) is 0 Å². The molecule has 15 heteroatoms. The molecule has 0 saturated heterocycles. The van der Waals surface area contributed by atoms with Crippen LogP contribution in [0.1, 0.15) is 28.8 Å². The lowest BCUT2D eigenvalue weighted by molar-refractivity contribution is -0.348. The quantitative estimate of drug-likeness (QED) is 0.314. The van der Waals surface area contributed by atoms with Crippen molar-refractivity contribution in [1.82, 2.24) is 15.1 Å². The van der Waals surface area contributed by atoms with Crippen molar-refractivity contribution < 1.29 is 35.5 Å². The van der Waals surface area contributed by atoms with E-state index < -0.39 is 33.6 Å². The highest BCUT2D eigenvalue weighted by Gasteiger charge is 2.73. The maximum Gasteiger partial charge on any atom is 0.435 e. The number of rotatable bonds is 5. The molecule has 2 heterocycles. The third-order valence-corrected chi connectivity index (χ3v) is 7.12. The molecule has 1 aliphatic carbocycles. The molecule has 1 N–H and O–H groups in total. The van der Waals surface area contributed by atoms with Gasteiger partial charge in [0.05, 0.1) is 21.8 Å². The Kier molecular flexibility index (Phi) is 6.57. The van der Waals surface area contributed by atoms with Crippen LogP contribution < -0.4 is 5.32 Å². The number of halogens is 10. The Hall–Kier alpha value is -2.02. The van der Waals surface area contributed by atoms with Gasteiger partial charge in [0, 0.05) is 28.2 Å². The van der Waals surface area contributed by atoms with Gasteiger partial charge in [-0.25, -0.2) is 9.07 Å². The molecule has 0 spiro atoms. The van der Waals surface area contributed by atoms with E-state index >= 15 is 0 Å². The Balaban J connectivity index is 1.69. The number of hydrogen-bond donors (Lipinski definition) is 1. The van der Waals surface area contributed by atoms with E-state index in [4.69, 9.17) is 34.8 Å². The number of nitrogens with zero attached hydrogens (tertiary/aromatic N) is 2. The maximum atomic E-state index is 14.4. The normalized spacial score (nSPS) is 14.9. The van der Waals surface area contributed by atoms with Crippen LogP contribution in [-0.2, 0) is 5.67 Å². The molecule has 2 aromatic heterocycles. The first-order chi connectivity index (χ1) is 16.1. The summed E-state index contributed by atoms with van der Waals surface area (Å²) in [4.78, 5) is 12.8. The molecule has 0 atom stereocenters. The summed E-state index contributed by atoms with van der Waals surface area (Å²) in [6, 6.07) is 2.03. The van der Waals surface area contributed by atoms with E-state index in [1.807, 2.05) is 0 Å². The van der Waals surface area contributed by atoms with Crippen molar-refractivity contribution in [2.75, 3.05) is 0 Å². The van der Waals surface area contributed by atoms with Crippen molar-refractivity contribution in [1.29, 1.82) is 0 Å². The number of amides is 1. The summed E-state index contributed by atoms with van der Waals surface area (Å²) in [7, 11) is 0. The zero-order valence-electron chi connectivity index (χ0n) is 16.9. The van der Waals surface area contributed by atoms with Crippen LogP contribution in [0.3, 0.4) is 0 Å². The van der Waals surface area contributed by atoms with Crippen LogP contribution >= 0.6 is 46.1 Å². The molecular weight excluding hydrogens is 570 g/mol. The molecule has 1 aliphatic rings. The molecule has 188 valence electrons. The predicted molar refractivity (Wildman–Crippen MR) is 117 cm³/mol. The summed E-state index contributed by atoms with van der Waals surface area (Å²) >= 11 is 19.1. The van der Waals surface area contributed by atoms with Gasteiger partial charge in [-0.05, 0) is 31.0 Å². The second kappa shape index (κ2) is 8.82. The summed E-state index contributed by atoms with van der Waals surface area (Å²) in [5.41, 5.74) is -7.13. The minimum Gasteiger partial charge on any atom is -0.349 e. The number of carbonyl (C=O) groups is 1. The molecule has 0 bridgehead atoms. The highest BCUT2D eigenvalue weighted by atomic mass is 35.5. The van der Waals surface area contributed by atoms with E-state index in [2.05, 4.69) is 10.4 Å². The van der Waals surface area contributed by atoms with E-state index in [0.717, 1.165) is 28.9 Å². The van der Waals surface area contributed by atoms with Gasteiger partial charge in [-0.1, -0.05) is 34.8 Å². The van der Waals surface area contributed by atoms with Gasteiger partial charge < -0.3 is 5.32 Å². The van der Waals surface area contributed by atoms with E-state index in [0.29, 0.717) is 10.4 Å². The molecule has 1 fully saturated rings. The summed E-state index contributed by atoms with van der Waals surface area (Å²) in [6.45, 7) is 0. The summed E-state index contributed by atoms with van der Waals surface area (Å²) < 4.78 is 94.2. The average Bonchev–Trinajstić information content (AvgIpc) is 3.25. The van der Waals surface area contributed by atoms with Gasteiger partial charge in [-0.15, -0.1) is 11.3 Å². The molecule has 0 aliphatic heterocycles. The second-order valence-corrected chi connectivity index (χ2v) is 10.1. The van der Waals surface area contributed by atoms with Gasteiger partial charge in [-0.3, -0.25) is 4.79 Å². The zero-order valence-corrected chi connectivity index (χ0v) is 20.0. The van der Waals surface area contributed by atoms with Crippen molar-refractivity contribution in [2.45, 2.75) is 36.9 Å². The van der Waals surface area contributed by atoms with E-state index in [-0.39, 0.29) is 39.7 Å². The highest BCUT2D eigenvalue weighted by molar-refractivity contribution is 7.19. The first-order valence-corrected chi connectivity index (χ1v) is 11.6. The van der Waals surface area contributed by atoms with Crippen LogP contribution in [0.25, 0.3) is 16.1 Å².